The minimum Gasteiger partial charge on any atom is -0.354 e. The molecule has 1 aliphatic heterocycles. The van der Waals surface area contributed by atoms with Crippen molar-refractivity contribution in [1.82, 2.24) is 5.32 Å². The molecule has 1 fully saturated rings. The van der Waals surface area contributed by atoms with Crippen LogP contribution in [0.2, 0.25) is 0 Å². The lowest BCUT2D eigenvalue weighted by molar-refractivity contribution is -0.133. The normalized spacial score (nSPS) is 28.5. The molecule has 0 radical (unpaired) electrons. The Morgan fingerprint density at radius 2 is 2.29 bits per heavy atom. The maximum absolute atomic E-state index is 13.1. The largest absolute Gasteiger partial charge is 0.354 e. The van der Waals surface area contributed by atoms with Gasteiger partial charge in [-0.2, -0.15) is 0 Å². The third-order valence-electron chi connectivity index (χ3n) is 3.39. The summed E-state index contributed by atoms with van der Waals surface area (Å²) in [4.78, 5) is 11.5. The van der Waals surface area contributed by atoms with Crippen molar-refractivity contribution < 1.29 is 9.18 Å². The Balaban J connectivity index is 2.17. The van der Waals surface area contributed by atoms with Gasteiger partial charge in [-0.1, -0.05) is 6.07 Å². The highest BCUT2D eigenvalue weighted by Crippen LogP contribution is 2.42. The lowest BCUT2D eigenvalue weighted by Crippen LogP contribution is -2.61. The van der Waals surface area contributed by atoms with Crippen molar-refractivity contribution in [3.63, 3.8) is 0 Å². The zero-order valence-electron chi connectivity index (χ0n) is 7.64. The van der Waals surface area contributed by atoms with Gasteiger partial charge in [-0.25, -0.2) is 4.39 Å². The molecule has 1 atom stereocenters. The van der Waals surface area contributed by atoms with Crippen LogP contribution in [0.3, 0.4) is 0 Å². The predicted molar refractivity (Wildman–Crippen MR) is 49.4 cm³/mol. The molecule has 1 aromatic carbocycles. The molecule has 1 aliphatic carbocycles. The number of hydrogen-bond acceptors (Lipinski definition) is 1. The van der Waals surface area contributed by atoms with E-state index in [0.717, 1.165) is 24.0 Å². The van der Waals surface area contributed by atoms with Crippen molar-refractivity contribution in [2.75, 3.05) is 6.54 Å². The SMILES string of the molecule is O=C1NCC12CCc1ccc(F)cc12. The van der Waals surface area contributed by atoms with E-state index in [1.54, 1.807) is 6.07 Å². The van der Waals surface area contributed by atoms with Gasteiger partial charge in [-0.3, -0.25) is 4.79 Å². The van der Waals surface area contributed by atoms with Crippen molar-refractivity contribution >= 4 is 5.91 Å². The maximum Gasteiger partial charge on any atom is 0.232 e. The molecule has 2 nitrogen and oxygen atoms in total. The molecule has 0 bridgehead atoms. The first-order valence-electron chi connectivity index (χ1n) is 4.80. The van der Waals surface area contributed by atoms with Crippen molar-refractivity contribution in [3.05, 3.63) is 35.1 Å². The summed E-state index contributed by atoms with van der Waals surface area (Å²) in [7, 11) is 0. The molecule has 1 heterocycles. The Bertz CT molecular complexity index is 429. The van der Waals surface area contributed by atoms with Crippen LogP contribution in [0.1, 0.15) is 17.5 Å². The molecular formula is C11H10FNO. The molecule has 2 aliphatic rings. The van der Waals surface area contributed by atoms with Crippen LogP contribution in [0.5, 0.6) is 0 Å². The number of hydrogen-bond donors (Lipinski definition) is 1. The van der Waals surface area contributed by atoms with E-state index in [0.29, 0.717) is 6.54 Å². The molecule has 72 valence electrons. The topological polar surface area (TPSA) is 29.1 Å². The molecule has 3 heteroatoms. The zero-order chi connectivity index (χ0) is 9.76. The van der Waals surface area contributed by atoms with Gasteiger partial charge in [0, 0.05) is 6.54 Å². The Hall–Kier alpha value is -1.38. The molecule has 1 amide bonds. The van der Waals surface area contributed by atoms with Gasteiger partial charge < -0.3 is 5.32 Å². The van der Waals surface area contributed by atoms with Crippen molar-refractivity contribution in [2.24, 2.45) is 0 Å². The van der Waals surface area contributed by atoms with Crippen LogP contribution >= 0.6 is 0 Å². The molecule has 0 aromatic heterocycles. The Morgan fingerprint density at radius 1 is 1.43 bits per heavy atom. The van der Waals surface area contributed by atoms with Gasteiger partial charge in [0.25, 0.3) is 0 Å². The number of halogens is 1. The van der Waals surface area contributed by atoms with Gasteiger partial charge in [-0.05, 0) is 36.1 Å². The average Bonchev–Trinajstić information content (AvgIpc) is 2.56. The van der Waals surface area contributed by atoms with Crippen molar-refractivity contribution in [3.8, 4) is 0 Å². The van der Waals surface area contributed by atoms with Gasteiger partial charge in [0.05, 0.1) is 5.41 Å². The van der Waals surface area contributed by atoms with Crippen molar-refractivity contribution in [2.45, 2.75) is 18.3 Å². The van der Waals surface area contributed by atoms with Crippen LogP contribution in [0.15, 0.2) is 18.2 Å². The molecular weight excluding hydrogens is 181 g/mol. The summed E-state index contributed by atoms with van der Waals surface area (Å²) in [6, 6.07) is 4.78. The lowest BCUT2D eigenvalue weighted by Gasteiger charge is -2.38. The summed E-state index contributed by atoms with van der Waals surface area (Å²) in [5.41, 5.74) is 1.64. The zero-order valence-corrected chi connectivity index (χ0v) is 7.64. The number of amides is 1. The smallest absolute Gasteiger partial charge is 0.232 e. The fourth-order valence-electron chi connectivity index (χ4n) is 2.49. The molecule has 0 saturated carbocycles. The molecule has 14 heavy (non-hydrogen) atoms. The van der Waals surface area contributed by atoms with Crippen LogP contribution < -0.4 is 5.32 Å². The molecule has 1 N–H and O–H groups in total. The van der Waals surface area contributed by atoms with E-state index in [2.05, 4.69) is 5.32 Å². The minimum atomic E-state index is -0.391. The fraction of sp³-hybridized carbons (Fsp3) is 0.364. The molecule has 1 aromatic rings. The summed E-state index contributed by atoms with van der Waals surface area (Å²) < 4.78 is 13.1. The Morgan fingerprint density at radius 3 is 2.93 bits per heavy atom. The van der Waals surface area contributed by atoms with E-state index >= 15 is 0 Å². The lowest BCUT2D eigenvalue weighted by atomic mass is 9.75. The molecule has 1 spiro atoms. The summed E-state index contributed by atoms with van der Waals surface area (Å²) in [5, 5.41) is 2.74. The van der Waals surface area contributed by atoms with Gasteiger partial charge in [-0.15, -0.1) is 0 Å². The summed E-state index contributed by atoms with van der Waals surface area (Å²) in [6.45, 7) is 0.669. The molecule has 1 unspecified atom stereocenters. The summed E-state index contributed by atoms with van der Waals surface area (Å²) in [6.07, 6.45) is 1.72. The van der Waals surface area contributed by atoms with E-state index in [1.807, 2.05) is 0 Å². The van der Waals surface area contributed by atoms with Gasteiger partial charge >= 0.3 is 0 Å². The van der Waals surface area contributed by atoms with Gasteiger partial charge in [0.15, 0.2) is 0 Å². The highest BCUT2D eigenvalue weighted by atomic mass is 19.1. The Labute approximate surface area is 81.1 Å². The number of fused-ring (bicyclic) bond motifs is 2. The second-order valence-electron chi connectivity index (χ2n) is 4.07. The van der Waals surface area contributed by atoms with E-state index in [4.69, 9.17) is 0 Å². The first-order chi connectivity index (χ1) is 6.72. The molecule has 1 saturated heterocycles. The number of carbonyl (C=O) groups is 1. The van der Waals surface area contributed by atoms with Crippen LogP contribution in [0.4, 0.5) is 4.39 Å². The average molecular weight is 191 g/mol. The van der Waals surface area contributed by atoms with Gasteiger partial charge in [0.2, 0.25) is 5.91 Å². The summed E-state index contributed by atoms with van der Waals surface area (Å²) in [5.74, 6) is -0.188. The number of β-lactam (4-membered cyclic amide) rings is 1. The first kappa shape index (κ1) is 7.97. The highest BCUT2D eigenvalue weighted by molar-refractivity contribution is 5.95. The number of rotatable bonds is 0. The van der Waals surface area contributed by atoms with Crippen LogP contribution in [-0.4, -0.2) is 12.5 Å². The quantitative estimate of drug-likeness (QED) is 0.612. The number of aryl methyl sites for hydroxylation is 1. The van der Waals surface area contributed by atoms with E-state index in [1.165, 1.54) is 12.1 Å². The third-order valence-corrected chi connectivity index (χ3v) is 3.39. The van der Waals surface area contributed by atoms with E-state index < -0.39 is 5.41 Å². The standard InChI is InChI=1S/C11H10FNO/c12-8-2-1-7-3-4-11(9(7)5-8)6-13-10(11)14/h1-2,5H,3-4,6H2,(H,13,14). The first-order valence-corrected chi connectivity index (χ1v) is 4.80. The summed E-state index contributed by atoms with van der Waals surface area (Å²) >= 11 is 0. The van der Waals surface area contributed by atoms with Crippen LogP contribution in [0.25, 0.3) is 0 Å². The minimum absolute atomic E-state index is 0.0573. The predicted octanol–water partition coefficient (Wildman–Crippen LogP) is 1.14. The van der Waals surface area contributed by atoms with E-state index in [-0.39, 0.29) is 11.7 Å². The third kappa shape index (κ3) is 0.775. The number of nitrogens with one attached hydrogen (secondary N) is 1. The monoisotopic (exact) mass is 191 g/mol. The number of carbonyl (C=O) groups excluding carboxylic acids is 1. The van der Waals surface area contributed by atoms with Gasteiger partial charge in [0.1, 0.15) is 5.82 Å². The second-order valence-corrected chi connectivity index (χ2v) is 4.07. The second kappa shape index (κ2) is 2.35. The van der Waals surface area contributed by atoms with Crippen LogP contribution in [0, 0.1) is 5.82 Å². The number of benzene rings is 1. The maximum atomic E-state index is 13.1. The Kier molecular flexibility index (Phi) is 1.34. The molecule has 3 rings (SSSR count). The highest BCUT2D eigenvalue weighted by Gasteiger charge is 2.51. The van der Waals surface area contributed by atoms with Crippen LogP contribution in [-0.2, 0) is 16.6 Å². The fourth-order valence-corrected chi connectivity index (χ4v) is 2.49. The van der Waals surface area contributed by atoms with Crippen molar-refractivity contribution in [1.29, 1.82) is 0 Å². The van der Waals surface area contributed by atoms with E-state index in [9.17, 15) is 9.18 Å².